The predicted octanol–water partition coefficient (Wildman–Crippen LogP) is 3.62. The van der Waals surface area contributed by atoms with Crippen LogP contribution in [0.2, 0.25) is 0 Å². The summed E-state index contributed by atoms with van der Waals surface area (Å²) >= 11 is 0. The third-order valence-corrected chi connectivity index (χ3v) is 3.75. The van der Waals surface area contributed by atoms with Gasteiger partial charge >= 0.3 is 5.97 Å². The first kappa shape index (κ1) is 19.1. The molecule has 0 aliphatic rings. The Morgan fingerprint density at radius 2 is 1.62 bits per heavy atom. The van der Waals surface area contributed by atoms with E-state index >= 15 is 0 Å². The van der Waals surface area contributed by atoms with Crippen LogP contribution in [-0.2, 0) is 27.4 Å². The number of nitro groups is 1. The van der Waals surface area contributed by atoms with Gasteiger partial charge in [-0.3, -0.25) is 19.7 Å². The number of nitrogens with zero attached hydrogens (tertiary/aromatic N) is 1. The number of aryl methyl sites for hydroxylation is 1. The third-order valence-electron chi connectivity index (χ3n) is 3.75. The number of hydrogen-bond donors (Lipinski definition) is 1. The highest BCUT2D eigenvalue weighted by molar-refractivity contribution is 5.92. The second kappa shape index (κ2) is 9.31. The van der Waals surface area contributed by atoms with Crippen molar-refractivity contribution in [2.75, 3.05) is 5.32 Å². The van der Waals surface area contributed by atoms with Crippen molar-refractivity contribution in [3.05, 3.63) is 69.8 Å². The SMILES string of the molecule is CCc1ccc(NC(=O)CCC(=O)OCc2ccc([N+](=O)[O-])cc2)cc1. The van der Waals surface area contributed by atoms with E-state index in [1.165, 1.54) is 29.8 Å². The summed E-state index contributed by atoms with van der Waals surface area (Å²) in [6, 6.07) is 13.3. The molecule has 136 valence electrons. The van der Waals surface area contributed by atoms with E-state index in [0.29, 0.717) is 11.3 Å². The quantitative estimate of drug-likeness (QED) is 0.442. The molecule has 1 N–H and O–H groups in total. The molecule has 0 bridgehead atoms. The lowest BCUT2D eigenvalue weighted by atomic mass is 10.1. The van der Waals surface area contributed by atoms with E-state index < -0.39 is 10.9 Å². The molecule has 2 aromatic rings. The van der Waals surface area contributed by atoms with Crippen LogP contribution in [0.15, 0.2) is 48.5 Å². The van der Waals surface area contributed by atoms with E-state index in [4.69, 9.17) is 4.74 Å². The Morgan fingerprint density at radius 3 is 2.19 bits per heavy atom. The van der Waals surface area contributed by atoms with Crippen molar-refractivity contribution < 1.29 is 19.2 Å². The molecule has 0 aliphatic carbocycles. The number of non-ortho nitro benzene ring substituents is 1. The second-order valence-corrected chi connectivity index (χ2v) is 5.68. The van der Waals surface area contributed by atoms with Crippen molar-refractivity contribution in [3.63, 3.8) is 0 Å². The van der Waals surface area contributed by atoms with Gasteiger partial charge in [0.2, 0.25) is 5.91 Å². The van der Waals surface area contributed by atoms with Crippen molar-refractivity contribution in [1.82, 2.24) is 0 Å². The number of esters is 1. The normalized spacial score (nSPS) is 10.2. The summed E-state index contributed by atoms with van der Waals surface area (Å²) in [5, 5.41) is 13.3. The van der Waals surface area contributed by atoms with Gasteiger partial charge in [0.25, 0.3) is 5.69 Å². The molecular formula is C19H20N2O5. The summed E-state index contributed by atoms with van der Waals surface area (Å²) in [6.45, 7) is 2.06. The largest absolute Gasteiger partial charge is 0.461 e. The van der Waals surface area contributed by atoms with Crippen LogP contribution in [0, 0.1) is 10.1 Å². The van der Waals surface area contributed by atoms with Crippen LogP contribution in [0.1, 0.15) is 30.9 Å². The van der Waals surface area contributed by atoms with E-state index in [1.54, 1.807) is 0 Å². The molecule has 0 radical (unpaired) electrons. The van der Waals surface area contributed by atoms with Gasteiger partial charge in [-0.25, -0.2) is 0 Å². The maximum atomic E-state index is 11.9. The highest BCUT2D eigenvalue weighted by atomic mass is 16.6. The molecule has 0 spiro atoms. The van der Waals surface area contributed by atoms with Gasteiger partial charge in [0.05, 0.1) is 11.3 Å². The molecule has 0 atom stereocenters. The van der Waals surface area contributed by atoms with Gasteiger partial charge in [-0.2, -0.15) is 0 Å². The van der Waals surface area contributed by atoms with E-state index in [9.17, 15) is 19.7 Å². The van der Waals surface area contributed by atoms with Crippen LogP contribution < -0.4 is 5.32 Å². The number of anilines is 1. The van der Waals surface area contributed by atoms with Gasteiger partial charge in [-0.05, 0) is 41.8 Å². The third kappa shape index (κ3) is 6.01. The summed E-state index contributed by atoms with van der Waals surface area (Å²) in [7, 11) is 0. The summed E-state index contributed by atoms with van der Waals surface area (Å²) in [4.78, 5) is 33.7. The number of hydrogen-bond acceptors (Lipinski definition) is 5. The molecule has 0 aromatic heterocycles. The van der Waals surface area contributed by atoms with Crippen molar-refractivity contribution in [1.29, 1.82) is 0 Å². The van der Waals surface area contributed by atoms with Crippen LogP contribution in [0.5, 0.6) is 0 Å². The molecule has 0 fully saturated rings. The van der Waals surface area contributed by atoms with Gasteiger partial charge in [0.15, 0.2) is 0 Å². The highest BCUT2D eigenvalue weighted by Crippen LogP contribution is 2.13. The van der Waals surface area contributed by atoms with Gasteiger partial charge in [-0.15, -0.1) is 0 Å². The number of nitrogens with one attached hydrogen (secondary N) is 1. The Morgan fingerprint density at radius 1 is 1.00 bits per heavy atom. The first-order valence-corrected chi connectivity index (χ1v) is 8.25. The standard InChI is InChI=1S/C19H20N2O5/c1-2-14-3-7-16(8-4-14)20-18(22)11-12-19(23)26-13-15-5-9-17(10-6-15)21(24)25/h3-10H,2,11-13H2,1H3,(H,20,22). The Hall–Kier alpha value is -3.22. The molecule has 7 heteroatoms. The summed E-state index contributed by atoms with van der Waals surface area (Å²) in [5.41, 5.74) is 2.48. The molecule has 2 aromatic carbocycles. The number of ether oxygens (including phenoxy) is 1. The second-order valence-electron chi connectivity index (χ2n) is 5.68. The molecular weight excluding hydrogens is 336 g/mol. The number of benzene rings is 2. The molecule has 2 rings (SSSR count). The number of amides is 1. The van der Waals surface area contributed by atoms with Gasteiger partial charge in [0.1, 0.15) is 6.61 Å². The molecule has 0 heterocycles. The van der Waals surface area contributed by atoms with Crippen molar-refractivity contribution >= 4 is 23.3 Å². The molecule has 0 saturated carbocycles. The average Bonchev–Trinajstić information content (AvgIpc) is 2.65. The zero-order valence-electron chi connectivity index (χ0n) is 14.4. The first-order chi connectivity index (χ1) is 12.5. The van der Waals surface area contributed by atoms with Gasteiger partial charge < -0.3 is 10.1 Å². The Labute approximate surface area is 151 Å². The molecule has 1 amide bonds. The van der Waals surface area contributed by atoms with Crippen LogP contribution in [0.25, 0.3) is 0 Å². The van der Waals surface area contributed by atoms with Crippen LogP contribution >= 0.6 is 0 Å². The monoisotopic (exact) mass is 356 g/mol. The predicted molar refractivity (Wildman–Crippen MR) is 96.6 cm³/mol. The summed E-state index contributed by atoms with van der Waals surface area (Å²) in [5.74, 6) is -0.763. The summed E-state index contributed by atoms with van der Waals surface area (Å²) in [6.07, 6.45) is 0.912. The van der Waals surface area contributed by atoms with Crippen LogP contribution in [0.3, 0.4) is 0 Å². The average molecular weight is 356 g/mol. The maximum absolute atomic E-state index is 11.9. The number of carbonyl (C=O) groups excluding carboxylic acids is 2. The van der Waals surface area contributed by atoms with E-state index in [0.717, 1.165) is 6.42 Å². The number of rotatable bonds is 8. The fourth-order valence-corrected chi connectivity index (χ4v) is 2.21. The summed E-state index contributed by atoms with van der Waals surface area (Å²) < 4.78 is 5.07. The van der Waals surface area contributed by atoms with Crippen molar-refractivity contribution in [2.45, 2.75) is 32.8 Å². The van der Waals surface area contributed by atoms with E-state index in [1.807, 2.05) is 24.3 Å². The molecule has 26 heavy (non-hydrogen) atoms. The lowest BCUT2D eigenvalue weighted by Gasteiger charge is -2.07. The Kier molecular flexibility index (Phi) is 6.84. The lowest BCUT2D eigenvalue weighted by molar-refractivity contribution is -0.384. The zero-order valence-corrected chi connectivity index (χ0v) is 14.4. The fourth-order valence-electron chi connectivity index (χ4n) is 2.21. The lowest BCUT2D eigenvalue weighted by Crippen LogP contribution is -2.14. The molecule has 7 nitrogen and oxygen atoms in total. The minimum atomic E-state index is -0.500. The van der Waals surface area contributed by atoms with Gasteiger partial charge in [-0.1, -0.05) is 19.1 Å². The molecule has 0 saturated heterocycles. The molecule has 0 unspecified atom stereocenters. The van der Waals surface area contributed by atoms with Gasteiger partial charge in [0, 0.05) is 24.2 Å². The fraction of sp³-hybridized carbons (Fsp3) is 0.263. The smallest absolute Gasteiger partial charge is 0.306 e. The minimum absolute atomic E-state index is 0.0108. The van der Waals surface area contributed by atoms with Crippen LogP contribution in [0.4, 0.5) is 11.4 Å². The van der Waals surface area contributed by atoms with E-state index in [2.05, 4.69) is 12.2 Å². The highest BCUT2D eigenvalue weighted by Gasteiger charge is 2.10. The Balaban J connectivity index is 1.71. The number of carbonyl (C=O) groups is 2. The van der Waals surface area contributed by atoms with E-state index in [-0.39, 0.29) is 31.0 Å². The topological polar surface area (TPSA) is 98.5 Å². The van der Waals surface area contributed by atoms with Crippen molar-refractivity contribution in [2.24, 2.45) is 0 Å². The Bertz CT molecular complexity index is 770. The maximum Gasteiger partial charge on any atom is 0.306 e. The van der Waals surface area contributed by atoms with Crippen molar-refractivity contribution in [3.8, 4) is 0 Å². The zero-order chi connectivity index (χ0) is 18.9. The molecule has 0 aliphatic heterocycles. The minimum Gasteiger partial charge on any atom is -0.461 e. The number of nitro benzene ring substituents is 1. The van der Waals surface area contributed by atoms with Crippen LogP contribution in [-0.4, -0.2) is 16.8 Å². The first-order valence-electron chi connectivity index (χ1n) is 8.25.